The smallest absolute Gasteiger partial charge is 0.306 e. The summed E-state index contributed by atoms with van der Waals surface area (Å²) in [4.78, 5) is 10.9. The third kappa shape index (κ3) is 5.85. The van der Waals surface area contributed by atoms with Crippen LogP contribution in [0.4, 0.5) is 0 Å². The van der Waals surface area contributed by atoms with Gasteiger partial charge in [-0.05, 0) is 25.8 Å². The van der Waals surface area contributed by atoms with E-state index in [0.29, 0.717) is 25.5 Å². The van der Waals surface area contributed by atoms with Crippen LogP contribution in [-0.2, 0) is 9.53 Å². The van der Waals surface area contributed by atoms with Crippen LogP contribution in [0.2, 0.25) is 0 Å². The maximum Gasteiger partial charge on any atom is 0.306 e. The first-order valence-corrected chi connectivity index (χ1v) is 4.06. The molecule has 0 aromatic rings. The first-order valence-electron chi connectivity index (χ1n) is 4.06. The standard InChI is InChI=1S/C8H17NO2/c1-3-11-8(10)6-7(2)4-5-9/h7H,3-6,9H2,1-2H3. The SMILES string of the molecule is CCOC(=O)CC(C)CCN. The van der Waals surface area contributed by atoms with Gasteiger partial charge in [0.15, 0.2) is 0 Å². The van der Waals surface area contributed by atoms with E-state index in [1.54, 1.807) is 0 Å². The minimum Gasteiger partial charge on any atom is -0.466 e. The van der Waals surface area contributed by atoms with Crippen molar-refractivity contribution in [1.29, 1.82) is 0 Å². The number of ether oxygens (including phenoxy) is 1. The van der Waals surface area contributed by atoms with Gasteiger partial charge >= 0.3 is 5.97 Å². The van der Waals surface area contributed by atoms with Crippen molar-refractivity contribution in [1.82, 2.24) is 0 Å². The minimum atomic E-state index is -0.117. The van der Waals surface area contributed by atoms with Crippen molar-refractivity contribution in [3.05, 3.63) is 0 Å². The van der Waals surface area contributed by atoms with Crippen LogP contribution >= 0.6 is 0 Å². The Morgan fingerprint density at radius 3 is 2.73 bits per heavy atom. The fraction of sp³-hybridized carbons (Fsp3) is 0.875. The lowest BCUT2D eigenvalue weighted by atomic mass is 10.0. The first-order chi connectivity index (χ1) is 5.20. The predicted octanol–water partition coefficient (Wildman–Crippen LogP) is 0.924. The summed E-state index contributed by atoms with van der Waals surface area (Å²) in [5, 5.41) is 0. The average Bonchev–Trinajstić information content (AvgIpc) is 1.87. The zero-order chi connectivity index (χ0) is 8.69. The number of hydrogen-bond acceptors (Lipinski definition) is 3. The Bertz CT molecular complexity index is 115. The second-order valence-corrected chi connectivity index (χ2v) is 2.69. The van der Waals surface area contributed by atoms with Gasteiger partial charge in [0.25, 0.3) is 0 Å². The average molecular weight is 159 g/mol. The van der Waals surface area contributed by atoms with Crippen molar-refractivity contribution in [2.45, 2.75) is 26.7 Å². The van der Waals surface area contributed by atoms with Crippen LogP contribution in [0.25, 0.3) is 0 Å². The van der Waals surface area contributed by atoms with Crippen molar-refractivity contribution >= 4 is 5.97 Å². The summed E-state index contributed by atoms with van der Waals surface area (Å²) in [5.41, 5.74) is 5.33. The van der Waals surface area contributed by atoms with Gasteiger partial charge in [-0.2, -0.15) is 0 Å². The number of carbonyl (C=O) groups excluding carboxylic acids is 1. The molecule has 1 atom stereocenters. The van der Waals surface area contributed by atoms with Crippen molar-refractivity contribution in [2.24, 2.45) is 11.7 Å². The van der Waals surface area contributed by atoms with Gasteiger partial charge in [0.05, 0.1) is 6.61 Å². The van der Waals surface area contributed by atoms with Gasteiger partial charge in [0.1, 0.15) is 0 Å². The summed E-state index contributed by atoms with van der Waals surface area (Å²) in [6, 6.07) is 0. The molecule has 2 N–H and O–H groups in total. The second kappa shape index (κ2) is 6.16. The maximum absolute atomic E-state index is 10.9. The molecule has 0 saturated carbocycles. The Morgan fingerprint density at radius 1 is 1.64 bits per heavy atom. The van der Waals surface area contributed by atoms with Crippen LogP contribution in [0.5, 0.6) is 0 Å². The van der Waals surface area contributed by atoms with Gasteiger partial charge < -0.3 is 10.5 Å². The molecule has 0 aliphatic heterocycles. The Kier molecular flexibility index (Phi) is 5.84. The molecule has 66 valence electrons. The summed E-state index contributed by atoms with van der Waals surface area (Å²) in [7, 11) is 0. The Morgan fingerprint density at radius 2 is 2.27 bits per heavy atom. The van der Waals surface area contributed by atoms with Crippen LogP contribution in [0.1, 0.15) is 26.7 Å². The number of nitrogens with two attached hydrogens (primary N) is 1. The Balaban J connectivity index is 3.40. The van der Waals surface area contributed by atoms with Crippen molar-refractivity contribution in [3.63, 3.8) is 0 Å². The van der Waals surface area contributed by atoms with Gasteiger partial charge in [-0.3, -0.25) is 4.79 Å². The topological polar surface area (TPSA) is 52.3 Å². The van der Waals surface area contributed by atoms with E-state index in [1.165, 1.54) is 0 Å². The van der Waals surface area contributed by atoms with Gasteiger partial charge in [-0.1, -0.05) is 6.92 Å². The van der Waals surface area contributed by atoms with E-state index in [1.807, 2.05) is 13.8 Å². The van der Waals surface area contributed by atoms with Crippen LogP contribution in [0, 0.1) is 5.92 Å². The minimum absolute atomic E-state index is 0.117. The van der Waals surface area contributed by atoms with Gasteiger partial charge in [0, 0.05) is 6.42 Å². The van der Waals surface area contributed by atoms with E-state index < -0.39 is 0 Å². The lowest BCUT2D eigenvalue weighted by molar-refractivity contribution is -0.144. The molecule has 0 aromatic carbocycles. The van der Waals surface area contributed by atoms with E-state index in [2.05, 4.69) is 0 Å². The summed E-state index contributed by atoms with van der Waals surface area (Å²) in [6.45, 7) is 4.92. The summed E-state index contributed by atoms with van der Waals surface area (Å²) in [5.74, 6) is 0.229. The lowest BCUT2D eigenvalue weighted by Crippen LogP contribution is -2.12. The monoisotopic (exact) mass is 159 g/mol. The molecule has 11 heavy (non-hydrogen) atoms. The first kappa shape index (κ1) is 10.4. The molecule has 3 heteroatoms. The Labute approximate surface area is 67.9 Å². The molecule has 0 saturated heterocycles. The molecule has 0 spiro atoms. The van der Waals surface area contributed by atoms with E-state index in [9.17, 15) is 4.79 Å². The van der Waals surface area contributed by atoms with E-state index in [4.69, 9.17) is 10.5 Å². The molecule has 0 aliphatic carbocycles. The fourth-order valence-electron chi connectivity index (χ4n) is 0.891. The molecule has 0 rings (SSSR count). The number of carbonyl (C=O) groups is 1. The van der Waals surface area contributed by atoms with Crippen LogP contribution in [0.15, 0.2) is 0 Å². The number of hydrogen-bond donors (Lipinski definition) is 1. The van der Waals surface area contributed by atoms with E-state index in [-0.39, 0.29) is 5.97 Å². The summed E-state index contributed by atoms with van der Waals surface area (Å²) >= 11 is 0. The van der Waals surface area contributed by atoms with E-state index >= 15 is 0 Å². The van der Waals surface area contributed by atoms with Crippen LogP contribution < -0.4 is 5.73 Å². The highest BCUT2D eigenvalue weighted by Gasteiger charge is 2.07. The third-order valence-corrected chi connectivity index (χ3v) is 1.48. The third-order valence-electron chi connectivity index (χ3n) is 1.48. The van der Waals surface area contributed by atoms with Crippen molar-refractivity contribution < 1.29 is 9.53 Å². The highest BCUT2D eigenvalue weighted by molar-refractivity contribution is 5.69. The fourth-order valence-corrected chi connectivity index (χ4v) is 0.891. The zero-order valence-electron chi connectivity index (χ0n) is 7.30. The van der Waals surface area contributed by atoms with Gasteiger partial charge in [-0.15, -0.1) is 0 Å². The largest absolute Gasteiger partial charge is 0.466 e. The normalized spacial score (nSPS) is 12.6. The molecular formula is C8H17NO2. The molecule has 0 heterocycles. The predicted molar refractivity (Wildman–Crippen MR) is 44.1 cm³/mol. The van der Waals surface area contributed by atoms with Crippen molar-refractivity contribution in [3.8, 4) is 0 Å². The molecule has 0 fully saturated rings. The Hall–Kier alpha value is -0.570. The van der Waals surface area contributed by atoms with Crippen LogP contribution in [0.3, 0.4) is 0 Å². The number of rotatable bonds is 5. The molecule has 0 aromatic heterocycles. The highest BCUT2D eigenvalue weighted by Crippen LogP contribution is 2.06. The molecule has 0 amide bonds. The molecule has 0 aliphatic rings. The molecule has 3 nitrogen and oxygen atoms in total. The zero-order valence-corrected chi connectivity index (χ0v) is 7.30. The molecule has 0 bridgehead atoms. The molecule has 0 radical (unpaired) electrons. The lowest BCUT2D eigenvalue weighted by Gasteiger charge is -2.07. The summed E-state index contributed by atoms with van der Waals surface area (Å²) in [6.07, 6.45) is 1.38. The second-order valence-electron chi connectivity index (χ2n) is 2.69. The number of esters is 1. The van der Waals surface area contributed by atoms with Crippen molar-refractivity contribution in [2.75, 3.05) is 13.2 Å². The summed E-state index contributed by atoms with van der Waals surface area (Å²) < 4.78 is 4.78. The van der Waals surface area contributed by atoms with Gasteiger partial charge in [0.2, 0.25) is 0 Å². The molecule has 1 unspecified atom stereocenters. The maximum atomic E-state index is 10.9. The quantitative estimate of drug-likeness (QED) is 0.607. The van der Waals surface area contributed by atoms with E-state index in [0.717, 1.165) is 6.42 Å². The molecular weight excluding hydrogens is 142 g/mol. The van der Waals surface area contributed by atoms with Gasteiger partial charge in [-0.25, -0.2) is 0 Å². The highest BCUT2D eigenvalue weighted by atomic mass is 16.5. The van der Waals surface area contributed by atoms with Crippen LogP contribution in [-0.4, -0.2) is 19.1 Å².